The van der Waals surface area contributed by atoms with Crippen molar-refractivity contribution >= 4 is 5.97 Å². The molecule has 2 rings (SSSR count). The van der Waals surface area contributed by atoms with Crippen LogP contribution >= 0.6 is 0 Å². The van der Waals surface area contributed by atoms with E-state index in [1.54, 1.807) is 0 Å². The Bertz CT molecular complexity index is 354. The summed E-state index contributed by atoms with van der Waals surface area (Å²) in [7, 11) is 1.52. The van der Waals surface area contributed by atoms with Crippen molar-refractivity contribution in [2.24, 2.45) is 11.8 Å². The summed E-state index contributed by atoms with van der Waals surface area (Å²) in [5.41, 5.74) is 0. The van der Waals surface area contributed by atoms with Crippen molar-refractivity contribution in [3.8, 4) is 0 Å². The summed E-state index contributed by atoms with van der Waals surface area (Å²) in [5, 5.41) is 7.42. The van der Waals surface area contributed by atoms with Crippen LogP contribution in [-0.2, 0) is 9.53 Å². The van der Waals surface area contributed by atoms with Gasteiger partial charge in [-0.1, -0.05) is 44.9 Å². The van der Waals surface area contributed by atoms with Crippen LogP contribution in [0.25, 0.3) is 0 Å². The summed E-state index contributed by atoms with van der Waals surface area (Å²) in [4.78, 5) is 11.8. The molecule has 2 N–H and O–H groups in total. The molecule has 0 aromatic rings. The molecule has 4 heteroatoms. The van der Waals surface area contributed by atoms with Crippen molar-refractivity contribution in [1.82, 2.24) is 10.6 Å². The highest BCUT2D eigenvalue weighted by Gasteiger charge is 2.21. The molecule has 2 aliphatic carbocycles. The number of nitrogens with one attached hydrogen (secondary N) is 2. The molecule has 0 saturated heterocycles. The number of ether oxygens (including phenoxy) is 1. The fraction of sp³-hybridized carbons (Fsp3) is 0.952. The van der Waals surface area contributed by atoms with Crippen LogP contribution in [0.15, 0.2) is 0 Å². The molecule has 2 aliphatic rings. The molecule has 4 nitrogen and oxygen atoms in total. The first kappa shape index (κ1) is 20.7. The van der Waals surface area contributed by atoms with Crippen LogP contribution in [-0.4, -0.2) is 38.8 Å². The molecular formula is C21H40N2O2. The summed E-state index contributed by atoms with van der Waals surface area (Å²) < 4.78 is 4.94. The molecule has 25 heavy (non-hydrogen) atoms. The quantitative estimate of drug-likeness (QED) is 0.412. The highest BCUT2D eigenvalue weighted by Crippen LogP contribution is 2.23. The smallest absolute Gasteiger partial charge is 0.308 e. The molecule has 0 spiro atoms. The Hall–Kier alpha value is -0.610. The minimum absolute atomic E-state index is 0.00544. The minimum atomic E-state index is -0.00544. The molecule has 2 saturated carbocycles. The Morgan fingerprint density at radius 3 is 2.24 bits per heavy atom. The van der Waals surface area contributed by atoms with E-state index < -0.39 is 0 Å². The van der Waals surface area contributed by atoms with Gasteiger partial charge in [0.05, 0.1) is 13.0 Å². The van der Waals surface area contributed by atoms with Crippen LogP contribution in [0, 0.1) is 11.8 Å². The van der Waals surface area contributed by atoms with Crippen molar-refractivity contribution < 1.29 is 9.53 Å². The van der Waals surface area contributed by atoms with Crippen molar-refractivity contribution in [3.63, 3.8) is 0 Å². The fourth-order valence-corrected chi connectivity index (χ4v) is 4.53. The van der Waals surface area contributed by atoms with Gasteiger partial charge >= 0.3 is 5.97 Å². The van der Waals surface area contributed by atoms with E-state index >= 15 is 0 Å². The molecule has 0 amide bonds. The van der Waals surface area contributed by atoms with Gasteiger partial charge in [-0.25, -0.2) is 0 Å². The summed E-state index contributed by atoms with van der Waals surface area (Å²) in [6, 6.07) is 0.621. The SMILES string of the molecule is COC(=O)C1CCCCC(NCCNCC2CCCCCC2)CCC1. The normalized spacial score (nSPS) is 26.9. The number of esters is 1. The van der Waals surface area contributed by atoms with Gasteiger partial charge < -0.3 is 15.4 Å². The largest absolute Gasteiger partial charge is 0.469 e. The second kappa shape index (κ2) is 12.7. The maximum absolute atomic E-state index is 11.8. The topological polar surface area (TPSA) is 50.4 Å². The number of methoxy groups -OCH3 is 1. The molecule has 0 aromatic carbocycles. The maximum Gasteiger partial charge on any atom is 0.308 e. The third-order valence-corrected chi connectivity index (χ3v) is 6.14. The van der Waals surface area contributed by atoms with Gasteiger partial charge in [-0.2, -0.15) is 0 Å². The lowest BCUT2D eigenvalue weighted by Crippen LogP contribution is -2.36. The van der Waals surface area contributed by atoms with E-state index in [4.69, 9.17) is 4.74 Å². The molecule has 146 valence electrons. The molecule has 0 aliphatic heterocycles. The molecule has 0 aromatic heterocycles. The van der Waals surface area contributed by atoms with E-state index in [2.05, 4.69) is 10.6 Å². The lowest BCUT2D eigenvalue weighted by molar-refractivity contribution is -0.146. The van der Waals surface area contributed by atoms with Crippen LogP contribution in [0.5, 0.6) is 0 Å². The zero-order valence-corrected chi connectivity index (χ0v) is 16.4. The van der Waals surface area contributed by atoms with E-state index in [1.807, 2.05) is 0 Å². The van der Waals surface area contributed by atoms with Gasteiger partial charge in [-0.3, -0.25) is 4.79 Å². The number of carbonyl (C=O) groups is 1. The predicted octanol–water partition coefficient (Wildman–Crippen LogP) is 4.04. The molecule has 2 unspecified atom stereocenters. The molecule has 0 bridgehead atoms. The Morgan fingerprint density at radius 1 is 0.840 bits per heavy atom. The van der Waals surface area contributed by atoms with Gasteiger partial charge in [0.2, 0.25) is 0 Å². The van der Waals surface area contributed by atoms with Gasteiger partial charge in [-0.15, -0.1) is 0 Å². The molecule has 2 atom stereocenters. The monoisotopic (exact) mass is 352 g/mol. The number of hydrogen-bond donors (Lipinski definition) is 2. The van der Waals surface area contributed by atoms with Crippen LogP contribution in [0.2, 0.25) is 0 Å². The van der Waals surface area contributed by atoms with Crippen molar-refractivity contribution in [2.45, 2.75) is 89.5 Å². The Balaban J connectivity index is 1.56. The van der Waals surface area contributed by atoms with Gasteiger partial charge in [0.1, 0.15) is 0 Å². The first-order chi connectivity index (χ1) is 12.3. The molecule has 2 fully saturated rings. The predicted molar refractivity (Wildman–Crippen MR) is 104 cm³/mol. The van der Waals surface area contributed by atoms with E-state index in [1.165, 1.54) is 71.4 Å². The van der Waals surface area contributed by atoms with Crippen molar-refractivity contribution in [3.05, 3.63) is 0 Å². The highest BCUT2D eigenvalue weighted by atomic mass is 16.5. The summed E-state index contributed by atoms with van der Waals surface area (Å²) in [6.45, 7) is 3.35. The first-order valence-corrected chi connectivity index (χ1v) is 10.8. The minimum Gasteiger partial charge on any atom is -0.469 e. The van der Waals surface area contributed by atoms with Crippen molar-refractivity contribution in [2.75, 3.05) is 26.7 Å². The van der Waals surface area contributed by atoms with E-state index in [9.17, 15) is 4.79 Å². The number of rotatable bonds is 7. The second-order valence-corrected chi connectivity index (χ2v) is 8.15. The van der Waals surface area contributed by atoms with E-state index in [0.29, 0.717) is 6.04 Å². The van der Waals surface area contributed by atoms with E-state index in [-0.39, 0.29) is 11.9 Å². The number of hydrogen-bond acceptors (Lipinski definition) is 4. The van der Waals surface area contributed by atoms with Crippen LogP contribution in [0.3, 0.4) is 0 Å². The molecule has 0 heterocycles. The fourth-order valence-electron chi connectivity index (χ4n) is 4.53. The lowest BCUT2D eigenvalue weighted by Gasteiger charge is -2.19. The van der Waals surface area contributed by atoms with Crippen molar-refractivity contribution in [1.29, 1.82) is 0 Å². The van der Waals surface area contributed by atoms with Crippen LogP contribution < -0.4 is 10.6 Å². The third-order valence-electron chi connectivity index (χ3n) is 6.14. The number of carbonyl (C=O) groups excluding carboxylic acids is 1. The highest BCUT2D eigenvalue weighted by molar-refractivity contribution is 5.72. The summed E-state index contributed by atoms with van der Waals surface area (Å²) in [5.74, 6) is 1.03. The van der Waals surface area contributed by atoms with Gasteiger partial charge in [-0.05, 0) is 51.0 Å². The lowest BCUT2D eigenvalue weighted by atomic mass is 9.97. The van der Waals surface area contributed by atoms with Crippen LogP contribution in [0.1, 0.15) is 83.5 Å². The average Bonchev–Trinajstić information content (AvgIpc) is 2.83. The van der Waals surface area contributed by atoms with Gasteiger partial charge in [0.15, 0.2) is 0 Å². The molecule has 0 radical (unpaired) electrons. The molecular weight excluding hydrogens is 312 g/mol. The van der Waals surface area contributed by atoms with Gasteiger partial charge in [0.25, 0.3) is 0 Å². The third kappa shape index (κ3) is 8.54. The Labute approximate surface area is 154 Å². The first-order valence-electron chi connectivity index (χ1n) is 10.8. The maximum atomic E-state index is 11.8. The van der Waals surface area contributed by atoms with Gasteiger partial charge in [0, 0.05) is 19.1 Å². The summed E-state index contributed by atoms with van der Waals surface area (Å²) in [6.07, 6.45) is 16.5. The van der Waals surface area contributed by atoms with E-state index in [0.717, 1.165) is 44.7 Å². The zero-order chi connectivity index (χ0) is 17.7. The van der Waals surface area contributed by atoms with Crippen LogP contribution in [0.4, 0.5) is 0 Å². The Kier molecular flexibility index (Phi) is 10.5. The average molecular weight is 353 g/mol. The second-order valence-electron chi connectivity index (χ2n) is 8.15. The standard InChI is InChI=1S/C21H40N2O2/c1-25-21(24)19-11-6-7-13-20(14-8-12-19)23-16-15-22-17-18-9-4-2-3-5-10-18/h18-20,22-23H,2-17H2,1H3. The summed E-state index contributed by atoms with van der Waals surface area (Å²) >= 11 is 0. The Morgan fingerprint density at radius 2 is 1.48 bits per heavy atom. The zero-order valence-electron chi connectivity index (χ0n) is 16.4.